The van der Waals surface area contributed by atoms with Gasteiger partial charge in [0.25, 0.3) is 0 Å². The van der Waals surface area contributed by atoms with Gasteiger partial charge in [-0.15, -0.1) is 23.2 Å². The molecule has 2 saturated heterocycles. The number of hydrogen-bond acceptors (Lipinski definition) is 5. The molecular weight excluding hydrogens is 283 g/mol. The predicted octanol–water partition coefficient (Wildman–Crippen LogP) is 0.452. The molecule has 5 nitrogen and oxygen atoms in total. The minimum absolute atomic E-state index is 0.0721. The van der Waals surface area contributed by atoms with Crippen LogP contribution in [-0.4, -0.2) is 59.5 Å². The number of ether oxygens (including phenoxy) is 4. The van der Waals surface area contributed by atoms with Crippen molar-refractivity contribution in [3.8, 4) is 0 Å². The van der Waals surface area contributed by atoms with E-state index in [9.17, 15) is 5.11 Å². The van der Waals surface area contributed by atoms with Gasteiger partial charge >= 0.3 is 0 Å². The molecular formula is C11H14Cl2O5. The first-order valence-electron chi connectivity index (χ1n) is 5.87. The number of hydrogen-bond donors (Lipinski definition) is 1. The fraction of sp³-hybridized carbons (Fsp3) is 1.00. The molecule has 7 heteroatoms. The normalized spacial score (nSPS) is 62.8. The number of alkyl halides is 2. The molecule has 0 aromatic rings. The summed E-state index contributed by atoms with van der Waals surface area (Å²) in [5.74, 6) is -2.72. The largest absolute Gasteiger partial charge is 0.380 e. The Bertz CT molecular complexity index is 443. The minimum Gasteiger partial charge on any atom is -0.380 e. The van der Waals surface area contributed by atoms with E-state index in [1.165, 1.54) is 14.2 Å². The lowest BCUT2D eigenvalue weighted by atomic mass is 9.72. The fourth-order valence-corrected chi connectivity index (χ4v) is 6.02. The standard InChI is InChI=1S/C11H14Cl2O5/c1-15-10(16-2)7(12)3-6-4-17-11(9(6,10)13)8(7,14)5-18-11/h6,14H,3-5H2,1-2H3/t6-,7-,8-,9-,11+/m1/s1. The van der Waals surface area contributed by atoms with Gasteiger partial charge in [-0.2, -0.15) is 0 Å². The lowest BCUT2D eigenvalue weighted by Crippen LogP contribution is -2.77. The maximum atomic E-state index is 10.9. The van der Waals surface area contributed by atoms with Gasteiger partial charge in [-0.25, -0.2) is 0 Å². The molecule has 0 amide bonds. The molecule has 102 valence electrons. The summed E-state index contributed by atoms with van der Waals surface area (Å²) in [6.45, 7) is 0.459. The van der Waals surface area contributed by atoms with Crippen LogP contribution in [-0.2, 0) is 18.9 Å². The van der Waals surface area contributed by atoms with E-state index in [0.717, 1.165) is 0 Å². The Hall–Kier alpha value is 0.380. The molecule has 2 aliphatic heterocycles. The Morgan fingerprint density at radius 3 is 2.39 bits per heavy atom. The Morgan fingerprint density at radius 1 is 1.22 bits per heavy atom. The number of methoxy groups -OCH3 is 2. The highest BCUT2D eigenvalue weighted by atomic mass is 35.5. The Morgan fingerprint density at radius 2 is 1.89 bits per heavy atom. The van der Waals surface area contributed by atoms with Crippen molar-refractivity contribution in [1.29, 1.82) is 0 Å². The molecule has 5 atom stereocenters. The summed E-state index contributed by atoms with van der Waals surface area (Å²) in [4.78, 5) is -2.29. The molecule has 18 heavy (non-hydrogen) atoms. The smallest absolute Gasteiger partial charge is 0.227 e. The summed E-state index contributed by atoms with van der Waals surface area (Å²) in [5, 5.41) is 10.9. The summed E-state index contributed by atoms with van der Waals surface area (Å²) >= 11 is 13.5. The summed E-state index contributed by atoms with van der Waals surface area (Å²) < 4.78 is 22.4. The van der Waals surface area contributed by atoms with Crippen molar-refractivity contribution < 1.29 is 24.1 Å². The second kappa shape index (κ2) is 2.86. The quantitative estimate of drug-likeness (QED) is 0.592. The van der Waals surface area contributed by atoms with Crippen LogP contribution >= 0.6 is 23.2 Å². The van der Waals surface area contributed by atoms with Crippen LogP contribution in [0.3, 0.4) is 0 Å². The SMILES string of the molecule is COC1(OC)[C@]2(Cl)[C@H]3CO[C@@]24OC[C@@]4(O)[C@]1(Cl)C3. The van der Waals surface area contributed by atoms with Crippen molar-refractivity contribution >= 4 is 23.2 Å². The van der Waals surface area contributed by atoms with Gasteiger partial charge < -0.3 is 24.1 Å². The molecule has 2 saturated carbocycles. The highest BCUT2D eigenvalue weighted by Crippen LogP contribution is 2.81. The maximum absolute atomic E-state index is 10.9. The predicted molar refractivity (Wildman–Crippen MR) is 61.6 cm³/mol. The lowest BCUT2D eigenvalue weighted by molar-refractivity contribution is -0.398. The maximum Gasteiger partial charge on any atom is 0.227 e. The molecule has 1 N–H and O–H groups in total. The summed E-state index contributed by atoms with van der Waals surface area (Å²) in [5.41, 5.74) is -1.39. The van der Waals surface area contributed by atoms with Crippen LogP contribution in [0.4, 0.5) is 0 Å². The van der Waals surface area contributed by atoms with Gasteiger partial charge in [0.05, 0.1) is 13.2 Å². The second-order valence-electron chi connectivity index (χ2n) is 5.52. The van der Waals surface area contributed by atoms with E-state index in [1.54, 1.807) is 0 Å². The van der Waals surface area contributed by atoms with Crippen molar-refractivity contribution in [2.75, 3.05) is 27.4 Å². The summed E-state index contributed by atoms with van der Waals surface area (Å²) in [6, 6.07) is 0. The fourth-order valence-electron chi connectivity index (χ4n) is 4.58. The van der Waals surface area contributed by atoms with Crippen LogP contribution in [0.5, 0.6) is 0 Å². The van der Waals surface area contributed by atoms with Crippen molar-refractivity contribution in [3.63, 3.8) is 0 Å². The average Bonchev–Trinajstić information content (AvgIpc) is 2.74. The van der Waals surface area contributed by atoms with E-state index in [1.807, 2.05) is 0 Å². The van der Waals surface area contributed by atoms with Gasteiger partial charge in [-0.3, -0.25) is 0 Å². The van der Waals surface area contributed by atoms with E-state index in [0.29, 0.717) is 13.0 Å². The van der Waals surface area contributed by atoms with Crippen LogP contribution in [0.1, 0.15) is 6.42 Å². The van der Waals surface area contributed by atoms with Crippen molar-refractivity contribution in [2.24, 2.45) is 5.92 Å². The highest BCUT2D eigenvalue weighted by Gasteiger charge is 3.02. The topological polar surface area (TPSA) is 57.2 Å². The lowest BCUT2D eigenvalue weighted by Gasteiger charge is -2.56. The Labute approximate surface area is 114 Å². The van der Waals surface area contributed by atoms with Gasteiger partial charge in [0.15, 0.2) is 10.5 Å². The number of fused-ring (bicyclic) bond motifs is 2. The van der Waals surface area contributed by atoms with Gasteiger partial charge in [0.2, 0.25) is 11.6 Å². The molecule has 4 rings (SSSR count). The van der Waals surface area contributed by atoms with Gasteiger partial charge in [-0.05, 0) is 6.42 Å². The third kappa shape index (κ3) is 0.682. The Kier molecular flexibility index (Phi) is 1.93. The first-order chi connectivity index (χ1) is 8.39. The van der Waals surface area contributed by atoms with Gasteiger partial charge in [-0.1, -0.05) is 0 Å². The van der Waals surface area contributed by atoms with E-state index in [2.05, 4.69) is 0 Å². The van der Waals surface area contributed by atoms with Crippen LogP contribution in [0.2, 0.25) is 0 Å². The number of halogens is 2. The van der Waals surface area contributed by atoms with Crippen LogP contribution < -0.4 is 0 Å². The number of rotatable bonds is 2. The highest BCUT2D eigenvalue weighted by molar-refractivity contribution is 6.33. The third-order valence-electron chi connectivity index (χ3n) is 5.32. The van der Waals surface area contributed by atoms with E-state index in [-0.39, 0.29) is 12.5 Å². The third-order valence-corrected chi connectivity index (χ3v) is 6.84. The van der Waals surface area contributed by atoms with Crippen molar-refractivity contribution in [1.82, 2.24) is 0 Å². The molecule has 2 bridgehead atoms. The average molecular weight is 297 g/mol. The molecule has 1 spiro atoms. The molecule has 2 aliphatic carbocycles. The van der Waals surface area contributed by atoms with Gasteiger partial charge in [0, 0.05) is 20.1 Å². The van der Waals surface area contributed by atoms with E-state index in [4.69, 9.17) is 42.1 Å². The number of aliphatic hydroxyl groups is 1. The zero-order chi connectivity index (χ0) is 13.0. The first-order valence-corrected chi connectivity index (χ1v) is 6.63. The van der Waals surface area contributed by atoms with Gasteiger partial charge in [0.1, 0.15) is 4.87 Å². The first kappa shape index (κ1) is 12.1. The Balaban J connectivity index is 2.05. The second-order valence-corrected chi connectivity index (χ2v) is 6.76. The van der Waals surface area contributed by atoms with Crippen molar-refractivity contribution in [3.05, 3.63) is 0 Å². The van der Waals surface area contributed by atoms with Crippen LogP contribution in [0.25, 0.3) is 0 Å². The molecule has 4 aliphatic rings. The zero-order valence-corrected chi connectivity index (χ0v) is 11.5. The molecule has 0 aromatic heterocycles. The van der Waals surface area contributed by atoms with Crippen molar-refractivity contribution in [2.45, 2.75) is 33.3 Å². The molecule has 0 radical (unpaired) electrons. The monoisotopic (exact) mass is 296 g/mol. The van der Waals surface area contributed by atoms with Crippen LogP contribution in [0.15, 0.2) is 0 Å². The molecule has 0 aromatic carbocycles. The zero-order valence-electron chi connectivity index (χ0n) is 10.0. The van der Waals surface area contributed by atoms with E-state index >= 15 is 0 Å². The van der Waals surface area contributed by atoms with Crippen LogP contribution in [0, 0.1) is 5.92 Å². The minimum atomic E-state index is -1.39. The molecule has 4 fully saturated rings. The summed E-state index contributed by atoms with van der Waals surface area (Å²) in [6.07, 6.45) is 0.474. The summed E-state index contributed by atoms with van der Waals surface area (Å²) in [7, 11) is 2.96. The molecule has 0 unspecified atom stereocenters. The van der Waals surface area contributed by atoms with E-state index < -0.39 is 26.9 Å². The molecule has 2 heterocycles.